The van der Waals surface area contributed by atoms with Crippen LogP contribution in [0.1, 0.15) is 24.0 Å². The van der Waals surface area contributed by atoms with Crippen LogP contribution in [0.25, 0.3) is 0 Å². The number of hydrogen-bond acceptors (Lipinski definition) is 4. The highest BCUT2D eigenvalue weighted by molar-refractivity contribution is 5.90. The van der Waals surface area contributed by atoms with E-state index < -0.39 is 5.60 Å². The van der Waals surface area contributed by atoms with Crippen molar-refractivity contribution < 1.29 is 19.0 Å². The molecule has 1 unspecified atom stereocenters. The molecule has 0 saturated carbocycles. The van der Waals surface area contributed by atoms with Crippen LogP contribution in [0.15, 0.2) is 18.2 Å². The summed E-state index contributed by atoms with van der Waals surface area (Å²) in [4.78, 5) is 12.4. The van der Waals surface area contributed by atoms with Crippen LogP contribution in [-0.4, -0.2) is 33.7 Å². The number of Topliss-reactive ketones (excluding diaryl/α,β-unsaturated/α-hetero) is 1. The molecule has 1 atom stereocenters. The number of aryl methyl sites for hydroxylation is 1. The van der Waals surface area contributed by atoms with Crippen LogP contribution in [-0.2, 0) is 26.3 Å². The third-order valence-corrected chi connectivity index (χ3v) is 3.74. The van der Waals surface area contributed by atoms with Gasteiger partial charge < -0.3 is 14.2 Å². The van der Waals surface area contributed by atoms with Crippen molar-refractivity contribution in [3.63, 3.8) is 0 Å². The molecule has 19 heavy (non-hydrogen) atoms. The molecule has 0 aromatic heterocycles. The Labute approximate surface area is 113 Å². The monoisotopic (exact) mass is 264 g/mol. The summed E-state index contributed by atoms with van der Waals surface area (Å²) in [6, 6.07) is 5.76. The van der Waals surface area contributed by atoms with Crippen molar-refractivity contribution in [3.8, 4) is 5.75 Å². The molecule has 2 rings (SSSR count). The summed E-state index contributed by atoms with van der Waals surface area (Å²) in [7, 11) is 4.79. The van der Waals surface area contributed by atoms with Crippen LogP contribution in [0.5, 0.6) is 5.75 Å². The van der Waals surface area contributed by atoms with E-state index in [0.717, 1.165) is 29.7 Å². The lowest BCUT2D eigenvalue weighted by molar-refractivity contribution is -0.149. The second-order valence-corrected chi connectivity index (χ2v) is 4.76. The van der Waals surface area contributed by atoms with E-state index in [1.165, 1.54) is 0 Å². The Kier molecular flexibility index (Phi) is 4.22. The Morgan fingerprint density at radius 2 is 2.00 bits per heavy atom. The van der Waals surface area contributed by atoms with Crippen molar-refractivity contribution >= 4 is 5.78 Å². The molecule has 0 radical (unpaired) electrons. The minimum absolute atomic E-state index is 0.0840. The maximum absolute atomic E-state index is 12.4. The van der Waals surface area contributed by atoms with Crippen molar-refractivity contribution in [1.29, 1.82) is 0 Å². The summed E-state index contributed by atoms with van der Waals surface area (Å²) in [5, 5.41) is 0. The Bertz CT molecular complexity index is 469. The number of hydrogen-bond donors (Lipinski definition) is 0. The first-order valence-corrected chi connectivity index (χ1v) is 6.42. The standard InChI is InChI=1S/C15H20O4/c1-17-10-15(19-3)13-8-7-12(18-2)9-11(13)5-4-6-14(15)16/h7-9H,4-6,10H2,1-3H3. The first-order valence-electron chi connectivity index (χ1n) is 6.42. The summed E-state index contributed by atoms with van der Waals surface area (Å²) in [6.07, 6.45) is 2.19. The van der Waals surface area contributed by atoms with E-state index in [1.54, 1.807) is 21.3 Å². The Balaban J connectivity index is 2.56. The van der Waals surface area contributed by atoms with Gasteiger partial charge in [0.2, 0.25) is 0 Å². The highest BCUT2D eigenvalue weighted by atomic mass is 16.5. The molecule has 104 valence electrons. The SMILES string of the molecule is COCC1(OC)C(=O)CCCc2cc(OC)ccc21. The van der Waals surface area contributed by atoms with Gasteiger partial charge in [-0.05, 0) is 36.1 Å². The number of ketones is 1. The maximum atomic E-state index is 12.4. The van der Waals surface area contributed by atoms with Gasteiger partial charge in [-0.2, -0.15) is 0 Å². The van der Waals surface area contributed by atoms with E-state index in [-0.39, 0.29) is 12.4 Å². The highest BCUT2D eigenvalue weighted by Crippen LogP contribution is 2.36. The molecule has 4 heteroatoms. The van der Waals surface area contributed by atoms with Crippen LogP contribution in [0, 0.1) is 0 Å². The molecule has 1 aromatic rings. The second-order valence-electron chi connectivity index (χ2n) is 4.76. The number of carbonyl (C=O) groups is 1. The Hall–Kier alpha value is -1.39. The lowest BCUT2D eigenvalue weighted by Gasteiger charge is -2.31. The van der Waals surface area contributed by atoms with Crippen molar-refractivity contribution in [2.75, 3.05) is 27.9 Å². The summed E-state index contributed by atoms with van der Waals surface area (Å²) in [5.74, 6) is 0.885. The fraction of sp³-hybridized carbons (Fsp3) is 0.533. The molecule has 0 saturated heterocycles. The number of methoxy groups -OCH3 is 3. The molecular weight excluding hydrogens is 244 g/mol. The van der Waals surface area contributed by atoms with Crippen LogP contribution >= 0.6 is 0 Å². The topological polar surface area (TPSA) is 44.8 Å². The average molecular weight is 264 g/mol. The van der Waals surface area contributed by atoms with Crippen LogP contribution < -0.4 is 4.74 Å². The summed E-state index contributed by atoms with van der Waals surface area (Å²) < 4.78 is 16.1. The summed E-state index contributed by atoms with van der Waals surface area (Å²) >= 11 is 0. The molecule has 1 aromatic carbocycles. The molecule has 0 heterocycles. The number of rotatable bonds is 4. The van der Waals surface area contributed by atoms with E-state index in [4.69, 9.17) is 14.2 Å². The molecular formula is C15H20O4. The van der Waals surface area contributed by atoms with Gasteiger partial charge in [-0.3, -0.25) is 4.79 Å². The Morgan fingerprint density at radius 1 is 1.21 bits per heavy atom. The lowest BCUT2D eigenvalue weighted by Crippen LogP contribution is -2.42. The molecule has 0 amide bonds. The number of carbonyl (C=O) groups excluding carboxylic acids is 1. The third kappa shape index (κ3) is 2.38. The van der Waals surface area contributed by atoms with E-state index >= 15 is 0 Å². The van der Waals surface area contributed by atoms with Gasteiger partial charge in [0.1, 0.15) is 5.75 Å². The van der Waals surface area contributed by atoms with E-state index in [1.807, 2.05) is 18.2 Å². The van der Waals surface area contributed by atoms with Crippen LogP contribution in [0.2, 0.25) is 0 Å². The summed E-state index contributed by atoms with van der Waals surface area (Å²) in [6.45, 7) is 0.238. The van der Waals surface area contributed by atoms with Gasteiger partial charge in [-0.25, -0.2) is 0 Å². The second kappa shape index (κ2) is 5.72. The first-order chi connectivity index (χ1) is 9.17. The molecule has 0 spiro atoms. The van der Waals surface area contributed by atoms with Gasteiger partial charge in [0.25, 0.3) is 0 Å². The van der Waals surface area contributed by atoms with Crippen LogP contribution in [0.4, 0.5) is 0 Å². The van der Waals surface area contributed by atoms with Gasteiger partial charge in [-0.1, -0.05) is 6.07 Å². The zero-order chi connectivity index (χ0) is 13.9. The summed E-state index contributed by atoms with van der Waals surface area (Å²) in [5.41, 5.74) is 1.02. The number of fused-ring (bicyclic) bond motifs is 1. The quantitative estimate of drug-likeness (QED) is 0.781. The predicted octanol–water partition coefficient (Wildman–Crippen LogP) is 2.09. The predicted molar refractivity (Wildman–Crippen MR) is 71.5 cm³/mol. The first kappa shape index (κ1) is 14.0. The smallest absolute Gasteiger partial charge is 0.174 e. The molecule has 1 aliphatic carbocycles. The van der Waals surface area contributed by atoms with E-state index in [0.29, 0.717) is 6.42 Å². The van der Waals surface area contributed by atoms with Crippen molar-refractivity contribution in [1.82, 2.24) is 0 Å². The molecule has 0 aliphatic heterocycles. The maximum Gasteiger partial charge on any atom is 0.174 e. The van der Waals surface area contributed by atoms with Gasteiger partial charge in [-0.15, -0.1) is 0 Å². The van der Waals surface area contributed by atoms with Gasteiger partial charge in [0.05, 0.1) is 13.7 Å². The highest BCUT2D eigenvalue weighted by Gasteiger charge is 2.42. The number of ether oxygens (including phenoxy) is 3. The fourth-order valence-electron chi connectivity index (χ4n) is 2.73. The lowest BCUT2D eigenvalue weighted by atomic mass is 9.87. The van der Waals surface area contributed by atoms with Crippen molar-refractivity contribution in [2.24, 2.45) is 0 Å². The van der Waals surface area contributed by atoms with Gasteiger partial charge in [0, 0.05) is 20.6 Å². The average Bonchev–Trinajstić information content (AvgIpc) is 2.57. The Morgan fingerprint density at radius 3 is 2.63 bits per heavy atom. The molecule has 0 bridgehead atoms. The largest absolute Gasteiger partial charge is 0.497 e. The van der Waals surface area contributed by atoms with Crippen molar-refractivity contribution in [2.45, 2.75) is 24.9 Å². The van der Waals surface area contributed by atoms with E-state index in [9.17, 15) is 4.79 Å². The van der Waals surface area contributed by atoms with Gasteiger partial charge >= 0.3 is 0 Å². The molecule has 0 fully saturated rings. The zero-order valence-electron chi connectivity index (χ0n) is 11.7. The fourth-order valence-corrected chi connectivity index (χ4v) is 2.73. The normalized spacial score (nSPS) is 22.8. The molecule has 1 aliphatic rings. The van der Waals surface area contributed by atoms with Crippen LogP contribution in [0.3, 0.4) is 0 Å². The van der Waals surface area contributed by atoms with Crippen molar-refractivity contribution in [3.05, 3.63) is 29.3 Å². The minimum atomic E-state index is -0.979. The van der Waals surface area contributed by atoms with E-state index in [2.05, 4.69) is 0 Å². The minimum Gasteiger partial charge on any atom is -0.497 e. The number of benzene rings is 1. The molecule has 4 nitrogen and oxygen atoms in total. The third-order valence-electron chi connectivity index (χ3n) is 3.74. The zero-order valence-corrected chi connectivity index (χ0v) is 11.7. The van der Waals surface area contributed by atoms with Gasteiger partial charge in [0.15, 0.2) is 11.4 Å². The molecule has 0 N–H and O–H groups in total.